The predicted octanol–water partition coefficient (Wildman–Crippen LogP) is 4.18. The van der Waals surface area contributed by atoms with Crippen molar-refractivity contribution in [2.45, 2.75) is 23.8 Å². The number of carboxylic acid groups (broad SMARTS) is 1. The Balaban J connectivity index is 1.32. The predicted molar refractivity (Wildman–Crippen MR) is 133 cm³/mol. The van der Waals surface area contributed by atoms with E-state index in [9.17, 15) is 14.3 Å². The van der Waals surface area contributed by atoms with Crippen molar-refractivity contribution in [1.82, 2.24) is 14.8 Å². The molecule has 1 N–H and O–H groups in total. The van der Waals surface area contributed by atoms with Crippen LogP contribution in [0.1, 0.15) is 12.0 Å². The number of ether oxygens (including phenoxy) is 1. The van der Waals surface area contributed by atoms with E-state index in [4.69, 9.17) is 4.74 Å². The number of benzene rings is 2. The summed E-state index contributed by atoms with van der Waals surface area (Å²) in [5.74, 6) is 0.449. The van der Waals surface area contributed by atoms with Crippen LogP contribution in [-0.2, 0) is 11.2 Å². The lowest BCUT2D eigenvalue weighted by molar-refractivity contribution is -0.145. The molecule has 1 aromatic heterocycles. The quantitative estimate of drug-likeness (QED) is 0.434. The molecule has 1 aliphatic heterocycles. The lowest BCUT2D eigenvalue weighted by atomic mass is 10.0. The minimum absolute atomic E-state index is 0.337. The number of aryl methyl sites for hydroxylation is 1. The fraction of sp³-hybridized carbons (Fsp3) is 0.385. The van der Waals surface area contributed by atoms with E-state index in [1.54, 1.807) is 18.9 Å². The number of carboxylic acids is 1. The molecule has 0 bridgehead atoms. The molecule has 1 aliphatic rings. The number of hydrogen-bond acceptors (Lipinski definition) is 6. The van der Waals surface area contributed by atoms with E-state index in [0.717, 1.165) is 29.7 Å². The third-order valence-corrected chi connectivity index (χ3v) is 7.28. The fourth-order valence-electron chi connectivity index (χ4n) is 4.43. The molecule has 0 amide bonds. The van der Waals surface area contributed by atoms with Crippen LogP contribution in [0.25, 0.3) is 10.9 Å². The largest absolute Gasteiger partial charge is 0.497 e. The molecule has 2 heterocycles. The van der Waals surface area contributed by atoms with Crippen molar-refractivity contribution >= 4 is 28.6 Å². The van der Waals surface area contributed by atoms with Crippen molar-refractivity contribution in [3.05, 3.63) is 66.1 Å². The normalized spacial score (nSPS) is 17.2. The van der Waals surface area contributed by atoms with Gasteiger partial charge in [0.15, 0.2) is 0 Å². The molecule has 0 spiro atoms. The molecule has 0 radical (unpaired) electrons. The van der Waals surface area contributed by atoms with E-state index >= 15 is 0 Å². The third-order valence-electron chi connectivity index (χ3n) is 6.29. The summed E-state index contributed by atoms with van der Waals surface area (Å²) in [4.78, 5) is 21.6. The van der Waals surface area contributed by atoms with Crippen molar-refractivity contribution in [2.75, 3.05) is 45.6 Å². The van der Waals surface area contributed by atoms with Gasteiger partial charge in [0.25, 0.3) is 0 Å². The minimum atomic E-state index is -0.800. The van der Waals surface area contributed by atoms with Crippen molar-refractivity contribution in [2.24, 2.45) is 0 Å². The van der Waals surface area contributed by atoms with E-state index in [0.29, 0.717) is 43.8 Å². The van der Waals surface area contributed by atoms with Crippen molar-refractivity contribution in [3.8, 4) is 5.75 Å². The number of hydrogen-bond donors (Lipinski definition) is 1. The van der Waals surface area contributed by atoms with Crippen molar-refractivity contribution < 1.29 is 19.0 Å². The molecule has 8 heteroatoms. The topological polar surface area (TPSA) is 65.9 Å². The second-order valence-electron chi connectivity index (χ2n) is 8.42. The Morgan fingerprint density at radius 3 is 2.79 bits per heavy atom. The summed E-state index contributed by atoms with van der Waals surface area (Å²) in [5, 5.41) is 10.6. The summed E-state index contributed by atoms with van der Waals surface area (Å²) in [6.45, 7) is 3.50. The van der Waals surface area contributed by atoms with Gasteiger partial charge in [-0.2, -0.15) is 0 Å². The van der Waals surface area contributed by atoms with Gasteiger partial charge >= 0.3 is 5.97 Å². The molecule has 1 fully saturated rings. The number of thioether (sulfide) groups is 1. The Labute approximate surface area is 203 Å². The summed E-state index contributed by atoms with van der Waals surface area (Å²) in [7, 11) is 1.58. The zero-order valence-corrected chi connectivity index (χ0v) is 20.1. The van der Waals surface area contributed by atoms with E-state index in [2.05, 4.69) is 22.0 Å². The molecule has 1 saturated heterocycles. The average Bonchev–Trinajstić information content (AvgIpc) is 2.86. The van der Waals surface area contributed by atoms with Gasteiger partial charge in [-0.1, -0.05) is 18.2 Å². The Kier molecular flexibility index (Phi) is 8.37. The number of rotatable bonds is 10. The molecular weight excluding hydrogens is 453 g/mol. The van der Waals surface area contributed by atoms with E-state index in [1.807, 2.05) is 41.3 Å². The number of pyridine rings is 1. The lowest BCUT2D eigenvalue weighted by Crippen LogP contribution is -2.56. The van der Waals surface area contributed by atoms with Crippen molar-refractivity contribution in [1.29, 1.82) is 0 Å². The molecule has 4 rings (SSSR count). The SMILES string of the molecule is COc1ccc2ncc(F)c(CCCN3CCN(CCSc4ccccc4)C[C@@H]3C(=O)O)c2c1. The zero-order valence-electron chi connectivity index (χ0n) is 19.3. The first-order chi connectivity index (χ1) is 16.5. The second-order valence-corrected chi connectivity index (χ2v) is 9.59. The molecule has 1 atom stereocenters. The molecule has 0 aliphatic carbocycles. The minimum Gasteiger partial charge on any atom is -0.497 e. The van der Waals surface area contributed by atoms with Crippen molar-refractivity contribution in [3.63, 3.8) is 0 Å². The lowest BCUT2D eigenvalue weighted by Gasteiger charge is -2.39. The van der Waals surface area contributed by atoms with Gasteiger partial charge in [-0.25, -0.2) is 4.39 Å². The van der Waals surface area contributed by atoms with Gasteiger partial charge in [-0.3, -0.25) is 19.6 Å². The molecule has 3 aromatic rings. The highest BCUT2D eigenvalue weighted by Crippen LogP contribution is 2.26. The van der Waals surface area contributed by atoms with Gasteiger partial charge in [0, 0.05) is 42.2 Å². The highest BCUT2D eigenvalue weighted by molar-refractivity contribution is 7.99. The Hall–Kier alpha value is -2.68. The highest BCUT2D eigenvalue weighted by atomic mass is 32.2. The maximum absolute atomic E-state index is 14.6. The number of halogens is 1. The first-order valence-electron chi connectivity index (χ1n) is 11.5. The van der Waals surface area contributed by atoms with Crippen LogP contribution in [0.2, 0.25) is 0 Å². The summed E-state index contributed by atoms with van der Waals surface area (Å²) < 4.78 is 19.9. The van der Waals surface area contributed by atoms with Crippen LogP contribution in [0.3, 0.4) is 0 Å². The first kappa shape index (κ1) is 24.4. The standard InChI is InChI=1S/C26H30FN3O3S/c1-33-19-9-10-24-22(16-19)21(23(27)17-28-24)8-5-11-30-13-12-29(18-25(30)26(31)32)14-15-34-20-6-3-2-4-7-20/h2-4,6-7,9-10,16-17,25H,5,8,11-15,18H2,1H3,(H,31,32)/t25-/m1/s1. The summed E-state index contributed by atoms with van der Waals surface area (Å²) >= 11 is 1.79. The number of aliphatic carboxylic acids is 1. The van der Waals surface area contributed by atoms with Crippen LogP contribution < -0.4 is 4.74 Å². The molecule has 34 heavy (non-hydrogen) atoms. The van der Waals surface area contributed by atoms with Gasteiger partial charge < -0.3 is 9.84 Å². The second kappa shape index (κ2) is 11.6. The average molecular weight is 484 g/mol. The summed E-state index contributed by atoms with van der Waals surface area (Å²) in [6, 6.07) is 15.1. The van der Waals surface area contributed by atoms with E-state index in [1.165, 1.54) is 11.1 Å². The van der Waals surface area contributed by atoms with Crippen LogP contribution in [0.15, 0.2) is 59.6 Å². The number of nitrogens with zero attached hydrogens (tertiary/aromatic N) is 3. The number of piperazine rings is 1. The number of aromatic nitrogens is 1. The first-order valence-corrected chi connectivity index (χ1v) is 12.5. The number of fused-ring (bicyclic) bond motifs is 1. The van der Waals surface area contributed by atoms with Crippen LogP contribution in [0.4, 0.5) is 4.39 Å². The van der Waals surface area contributed by atoms with Gasteiger partial charge in [0.2, 0.25) is 0 Å². The maximum atomic E-state index is 14.6. The van der Waals surface area contributed by atoms with Crippen LogP contribution >= 0.6 is 11.8 Å². The van der Waals surface area contributed by atoms with E-state index < -0.39 is 12.0 Å². The molecule has 6 nitrogen and oxygen atoms in total. The van der Waals surface area contributed by atoms with Gasteiger partial charge in [-0.05, 0) is 55.3 Å². The fourth-order valence-corrected chi connectivity index (χ4v) is 5.37. The molecular formula is C26H30FN3O3S. The van der Waals surface area contributed by atoms with Crippen LogP contribution in [0, 0.1) is 5.82 Å². The van der Waals surface area contributed by atoms with Crippen LogP contribution in [-0.4, -0.2) is 77.5 Å². The smallest absolute Gasteiger partial charge is 0.322 e. The molecule has 180 valence electrons. The van der Waals surface area contributed by atoms with E-state index in [-0.39, 0.29) is 5.82 Å². The monoisotopic (exact) mass is 483 g/mol. The summed E-state index contributed by atoms with van der Waals surface area (Å²) in [5.41, 5.74) is 1.33. The third kappa shape index (κ3) is 6.05. The maximum Gasteiger partial charge on any atom is 0.322 e. The Bertz CT molecular complexity index is 1120. The Morgan fingerprint density at radius 1 is 1.21 bits per heavy atom. The Morgan fingerprint density at radius 2 is 2.03 bits per heavy atom. The number of methoxy groups -OCH3 is 1. The van der Waals surface area contributed by atoms with Gasteiger partial charge in [0.1, 0.15) is 17.6 Å². The highest BCUT2D eigenvalue weighted by Gasteiger charge is 2.31. The molecule has 0 unspecified atom stereocenters. The van der Waals surface area contributed by atoms with Crippen LogP contribution in [0.5, 0.6) is 5.75 Å². The molecule has 0 saturated carbocycles. The molecule has 2 aromatic carbocycles. The zero-order chi connectivity index (χ0) is 23.9. The van der Waals surface area contributed by atoms with Gasteiger partial charge in [-0.15, -0.1) is 11.8 Å². The number of carbonyl (C=O) groups is 1. The van der Waals surface area contributed by atoms with Gasteiger partial charge in [0.05, 0.1) is 18.8 Å². The summed E-state index contributed by atoms with van der Waals surface area (Å²) in [6.07, 6.45) is 2.44.